The molecule has 1 aromatic carbocycles. The fourth-order valence-corrected chi connectivity index (χ4v) is 4.39. The summed E-state index contributed by atoms with van der Waals surface area (Å²) in [5.41, 5.74) is -0.260. The quantitative estimate of drug-likeness (QED) is 0.469. The van der Waals surface area contributed by atoms with E-state index in [2.05, 4.69) is 20.6 Å². The number of aryl methyl sites for hydroxylation is 1. The van der Waals surface area contributed by atoms with E-state index >= 15 is 0 Å². The highest BCUT2D eigenvalue weighted by atomic mass is 32.2. The Morgan fingerprint density at radius 3 is 2.88 bits per heavy atom. The Morgan fingerprint density at radius 2 is 2.12 bits per heavy atom. The summed E-state index contributed by atoms with van der Waals surface area (Å²) in [6.45, 7) is 0.435. The third-order valence-corrected chi connectivity index (χ3v) is 6.10. The number of hydrogen-bond acceptors (Lipinski definition) is 7. The maximum absolute atomic E-state index is 14.5. The van der Waals surface area contributed by atoms with E-state index in [1.165, 1.54) is 30.3 Å². The number of carbonyl (C=O) groups is 1. The minimum absolute atomic E-state index is 0.115. The fourth-order valence-electron chi connectivity index (χ4n) is 3.39. The molecule has 2 N–H and O–H groups in total. The van der Waals surface area contributed by atoms with Gasteiger partial charge in [0.1, 0.15) is 11.9 Å². The molecule has 1 fully saturated rings. The van der Waals surface area contributed by atoms with Crippen molar-refractivity contribution in [3.63, 3.8) is 0 Å². The number of alkyl halides is 2. The summed E-state index contributed by atoms with van der Waals surface area (Å²) >= 11 is 1.13. The van der Waals surface area contributed by atoms with Crippen molar-refractivity contribution in [2.24, 2.45) is 0 Å². The number of halogens is 2. The fraction of sp³-hybridized carbons (Fsp3) is 0.333. The molecular weight excluding hydrogens is 440 g/mol. The van der Waals surface area contributed by atoms with Gasteiger partial charge in [-0.25, -0.2) is 0 Å². The van der Waals surface area contributed by atoms with Crippen molar-refractivity contribution in [1.29, 1.82) is 0 Å². The molecule has 32 heavy (non-hydrogen) atoms. The van der Waals surface area contributed by atoms with Crippen LogP contribution in [-0.2, 0) is 12.3 Å². The summed E-state index contributed by atoms with van der Waals surface area (Å²) in [5, 5.41) is 23.5. The van der Waals surface area contributed by atoms with E-state index in [1.54, 1.807) is 17.0 Å². The molecular formula is C21H21F2N5O3S. The first-order valence-electron chi connectivity index (χ1n) is 10.0. The number of H-pyrrole nitrogens is 1. The van der Waals surface area contributed by atoms with Crippen LogP contribution in [-0.4, -0.2) is 60.3 Å². The van der Waals surface area contributed by atoms with Gasteiger partial charge in [-0.05, 0) is 23.8 Å². The van der Waals surface area contributed by atoms with Crippen LogP contribution >= 0.6 is 11.8 Å². The summed E-state index contributed by atoms with van der Waals surface area (Å²) in [7, 11) is 0. The van der Waals surface area contributed by atoms with Crippen LogP contribution in [0.5, 0.6) is 0 Å². The van der Waals surface area contributed by atoms with Gasteiger partial charge in [-0.3, -0.25) is 4.79 Å². The monoisotopic (exact) mass is 461 g/mol. The molecule has 0 radical (unpaired) electrons. The molecule has 0 saturated carbocycles. The molecule has 2 unspecified atom stereocenters. The highest BCUT2D eigenvalue weighted by Gasteiger charge is 2.39. The van der Waals surface area contributed by atoms with E-state index in [1.807, 2.05) is 6.07 Å². The number of amides is 1. The number of rotatable bonds is 9. The first-order chi connectivity index (χ1) is 15.4. The van der Waals surface area contributed by atoms with Crippen LogP contribution in [0, 0.1) is 0 Å². The van der Waals surface area contributed by atoms with Gasteiger partial charge in [0.15, 0.2) is 5.76 Å². The number of tetrazole rings is 1. The van der Waals surface area contributed by atoms with E-state index < -0.39 is 12.0 Å². The van der Waals surface area contributed by atoms with E-state index in [0.29, 0.717) is 42.5 Å². The van der Waals surface area contributed by atoms with Crippen LogP contribution in [0.15, 0.2) is 59.0 Å². The van der Waals surface area contributed by atoms with Crippen LogP contribution in [0.1, 0.15) is 17.7 Å². The molecule has 1 saturated heterocycles. The maximum Gasteiger partial charge on any atom is 0.302 e. The third kappa shape index (κ3) is 4.89. The Labute approximate surface area is 186 Å². The molecule has 0 aliphatic carbocycles. The van der Waals surface area contributed by atoms with Crippen molar-refractivity contribution in [2.45, 2.75) is 30.9 Å². The number of nitrogens with one attached hydrogen (secondary N) is 1. The number of hydrogen-bond donors (Lipinski definition) is 2. The first kappa shape index (κ1) is 22.2. The van der Waals surface area contributed by atoms with Crippen LogP contribution < -0.4 is 0 Å². The molecule has 0 spiro atoms. The largest absolute Gasteiger partial charge is 0.458 e. The Bertz CT molecular complexity index is 1060. The molecule has 3 heterocycles. The van der Waals surface area contributed by atoms with E-state index in [4.69, 9.17) is 4.42 Å². The SMILES string of the molecule is O=C1SCC(/C=C/C(O)C(F)(F)c2ccccc2)N1CCCc1ccc(-c2nn[nH]n2)o1. The van der Waals surface area contributed by atoms with Crippen molar-refractivity contribution in [2.75, 3.05) is 12.3 Å². The lowest BCUT2D eigenvalue weighted by Gasteiger charge is -2.23. The lowest BCUT2D eigenvalue weighted by molar-refractivity contribution is -0.0929. The van der Waals surface area contributed by atoms with Gasteiger partial charge < -0.3 is 14.4 Å². The standard InChI is InChI=1S/C21H21F2N5O3S/c22-21(23,14-5-2-1-3-6-14)18(29)11-8-15-13-32-20(30)28(15)12-4-7-16-9-10-17(31-16)19-24-26-27-25-19/h1-3,5-6,8-11,15,18,29H,4,7,12-13H2,(H,24,25,26,27)/b11-8+. The molecule has 4 rings (SSSR count). The number of aliphatic hydroxyl groups excluding tert-OH is 1. The number of carbonyl (C=O) groups excluding carboxylic acids is 1. The smallest absolute Gasteiger partial charge is 0.302 e. The lowest BCUT2D eigenvalue weighted by atomic mass is 10.0. The second-order valence-electron chi connectivity index (χ2n) is 7.26. The summed E-state index contributed by atoms with van der Waals surface area (Å²) in [5.74, 6) is -1.40. The number of aromatic amines is 1. The summed E-state index contributed by atoms with van der Waals surface area (Å²) in [6, 6.07) is 10.4. The zero-order valence-corrected chi connectivity index (χ0v) is 17.7. The first-order valence-corrected chi connectivity index (χ1v) is 11.0. The highest BCUT2D eigenvalue weighted by molar-refractivity contribution is 8.13. The molecule has 168 valence electrons. The second kappa shape index (κ2) is 9.61. The molecule has 1 aliphatic heterocycles. The van der Waals surface area contributed by atoms with Crippen molar-refractivity contribution < 1.29 is 23.1 Å². The van der Waals surface area contributed by atoms with E-state index in [-0.39, 0.29) is 16.8 Å². The lowest BCUT2D eigenvalue weighted by Crippen LogP contribution is -2.34. The Balaban J connectivity index is 1.33. The van der Waals surface area contributed by atoms with Crippen molar-refractivity contribution in [1.82, 2.24) is 25.5 Å². The zero-order valence-electron chi connectivity index (χ0n) is 16.9. The van der Waals surface area contributed by atoms with E-state index in [0.717, 1.165) is 17.8 Å². The number of aromatic nitrogens is 4. The molecule has 3 aromatic rings. The third-order valence-electron chi connectivity index (χ3n) is 5.11. The molecule has 8 nitrogen and oxygen atoms in total. The summed E-state index contributed by atoms with van der Waals surface area (Å²) in [4.78, 5) is 13.9. The van der Waals surface area contributed by atoms with Crippen LogP contribution in [0.2, 0.25) is 0 Å². The number of thioether (sulfide) groups is 1. The summed E-state index contributed by atoms with van der Waals surface area (Å²) < 4.78 is 34.6. The number of aliphatic hydroxyl groups is 1. The zero-order chi connectivity index (χ0) is 22.6. The van der Waals surface area contributed by atoms with Gasteiger partial charge in [0.2, 0.25) is 5.82 Å². The van der Waals surface area contributed by atoms with Crippen LogP contribution in [0.3, 0.4) is 0 Å². The minimum atomic E-state index is -3.42. The number of benzene rings is 1. The van der Waals surface area contributed by atoms with Gasteiger partial charge in [-0.1, -0.05) is 54.2 Å². The van der Waals surface area contributed by atoms with Gasteiger partial charge >= 0.3 is 5.92 Å². The predicted octanol–water partition coefficient (Wildman–Crippen LogP) is 3.64. The highest BCUT2D eigenvalue weighted by Crippen LogP contribution is 2.33. The van der Waals surface area contributed by atoms with E-state index in [9.17, 15) is 18.7 Å². The van der Waals surface area contributed by atoms with Gasteiger partial charge in [0, 0.05) is 24.3 Å². The molecule has 2 atom stereocenters. The summed E-state index contributed by atoms with van der Waals surface area (Å²) in [6.07, 6.45) is 1.78. The van der Waals surface area contributed by atoms with Crippen molar-refractivity contribution in [3.8, 4) is 11.6 Å². The topological polar surface area (TPSA) is 108 Å². The van der Waals surface area contributed by atoms with Crippen LogP contribution in [0.25, 0.3) is 11.6 Å². The Hall–Kier alpha value is -3.05. The van der Waals surface area contributed by atoms with Crippen molar-refractivity contribution in [3.05, 3.63) is 65.9 Å². The Kier molecular flexibility index (Phi) is 6.66. The average molecular weight is 461 g/mol. The van der Waals surface area contributed by atoms with Gasteiger partial charge in [0.05, 0.1) is 6.04 Å². The van der Waals surface area contributed by atoms with Gasteiger partial charge in [0.25, 0.3) is 5.24 Å². The minimum Gasteiger partial charge on any atom is -0.458 e. The molecule has 1 aliphatic rings. The Morgan fingerprint density at radius 1 is 1.31 bits per heavy atom. The normalized spacial score (nSPS) is 18.0. The molecule has 2 aromatic heterocycles. The molecule has 0 bridgehead atoms. The maximum atomic E-state index is 14.5. The second-order valence-corrected chi connectivity index (χ2v) is 8.23. The molecule has 1 amide bonds. The van der Waals surface area contributed by atoms with Crippen molar-refractivity contribution >= 4 is 17.0 Å². The van der Waals surface area contributed by atoms with Crippen LogP contribution in [0.4, 0.5) is 13.6 Å². The molecule has 11 heteroatoms. The number of nitrogens with zero attached hydrogens (tertiary/aromatic N) is 4. The predicted molar refractivity (Wildman–Crippen MR) is 114 cm³/mol. The average Bonchev–Trinajstić information content (AvgIpc) is 3.55. The van der Waals surface area contributed by atoms with Gasteiger partial charge in [-0.15, -0.1) is 10.2 Å². The number of furan rings is 1. The van der Waals surface area contributed by atoms with Gasteiger partial charge in [-0.2, -0.15) is 14.0 Å².